The molecule has 0 unspecified atom stereocenters. The first kappa shape index (κ1) is 17.0. The number of imidazole rings is 1. The zero-order valence-corrected chi connectivity index (χ0v) is 15.0. The zero-order valence-electron chi connectivity index (χ0n) is 15.0. The zero-order chi connectivity index (χ0) is 18.6. The summed E-state index contributed by atoms with van der Waals surface area (Å²) in [6.45, 7) is 1.70. The molecular formula is C20H21N5O2. The molecule has 0 saturated heterocycles. The number of ether oxygens (including phenoxy) is 1. The van der Waals surface area contributed by atoms with E-state index in [0.717, 1.165) is 42.3 Å². The molecule has 138 valence electrons. The van der Waals surface area contributed by atoms with Crippen molar-refractivity contribution in [3.63, 3.8) is 0 Å². The number of aromatic nitrogens is 2. The summed E-state index contributed by atoms with van der Waals surface area (Å²) in [7, 11) is 1.61. The van der Waals surface area contributed by atoms with Crippen LogP contribution in [-0.4, -0.2) is 29.7 Å². The highest BCUT2D eigenvalue weighted by atomic mass is 16.5. The molecule has 2 heterocycles. The molecule has 2 amide bonds. The fourth-order valence-corrected chi connectivity index (χ4v) is 3.23. The maximum atomic E-state index is 12.3. The van der Waals surface area contributed by atoms with Gasteiger partial charge in [-0.3, -0.25) is 0 Å². The Morgan fingerprint density at radius 1 is 1.19 bits per heavy atom. The van der Waals surface area contributed by atoms with E-state index in [0.29, 0.717) is 5.69 Å². The minimum Gasteiger partial charge on any atom is -0.497 e. The average molecular weight is 363 g/mol. The summed E-state index contributed by atoms with van der Waals surface area (Å²) >= 11 is 0. The number of hydrogen-bond donors (Lipinski definition) is 3. The van der Waals surface area contributed by atoms with Gasteiger partial charge in [-0.25, -0.2) is 9.78 Å². The lowest BCUT2D eigenvalue weighted by Gasteiger charge is -2.19. The Kier molecular flexibility index (Phi) is 4.65. The minimum absolute atomic E-state index is 0.281. The van der Waals surface area contributed by atoms with Gasteiger partial charge in [0.25, 0.3) is 0 Å². The Morgan fingerprint density at radius 3 is 2.70 bits per heavy atom. The Hall–Kier alpha value is -3.48. The monoisotopic (exact) mass is 363 g/mol. The summed E-state index contributed by atoms with van der Waals surface area (Å²) in [5.41, 5.74) is 4.88. The molecule has 0 fully saturated rings. The lowest BCUT2D eigenvalue weighted by Crippen LogP contribution is -2.21. The van der Waals surface area contributed by atoms with Gasteiger partial charge in [0.2, 0.25) is 0 Å². The molecule has 7 heteroatoms. The number of carbonyl (C=O) groups is 1. The number of anilines is 3. The van der Waals surface area contributed by atoms with Crippen LogP contribution in [-0.2, 0) is 13.0 Å². The molecule has 0 saturated carbocycles. The molecule has 0 radical (unpaired) electrons. The van der Waals surface area contributed by atoms with Crippen LogP contribution in [0.2, 0.25) is 0 Å². The lowest BCUT2D eigenvalue weighted by molar-refractivity contribution is 0.262. The molecule has 3 N–H and O–H groups in total. The standard InChI is InChI=1S/C20H21N5O2/c1-27-18-6-4-15(5-7-18)23-20(26)24-16-3-2-14-8-9-25(19(14)10-16)12-17-11-21-13-22-17/h2-7,10-11,13H,8-9,12H2,1H3,(H,21,22)(H2,23,24,26). The predicted molar refractivity (Wildman–Crippen MR) is 105 cm³/mol. The van der Waals surface area contributed by atoms with E-state index in [9.17, 15) is 4.79 Å². The second kappa shape index (κ2) is 7.41. The molecule has 2 aromatic carbocycles. The number of hydrogen-bond acceptors (Lipinski definition) is 4. The van der Waals surface area contributed by atoms with Crippen LogP contribution in [0.5, 0.6) is 5.75 Å². The molecule has 27 heavy (non-hydrogen) atoms. The van der Waals surface area contributed by atoms with Crippen LogP contribution < -0.4 is 20.3 Å². The van der Waals surface area contributed by atoms with Gasteiger partial charge in [-0.2, -0.15) is 0 Å². The summed E-state index contributed by atoms with van der Waals surface area (Å²) in [4.78, 5) is 21.9. The van der Waals surface area contributed by atoms with Crippen LogP contribution in [0.25, 0.3) is 0 Å². The van der Waals surface area contributed by atoms with Gasteiger partial charge in [-0.05, 0) is 48.4 Å². The van der Waals surface area contributed by atoms with Crippen LogP contribution >= 0.6 is 0 Å². The van der Waals surface area contributed by atoms with Gasteiger partial charge in [0.05, 0.1) is 25.7 Å². The molecule has 1 aromatic heterocycles. The third kappa shape index (κ3) is 3.87. The van der Waals surface area contributed by atoms with E-state index in [2.05, 4.69) is 31.6 Å². The number of methoxy groups -OCH3 is 1. The normalized spacial score (nSPS) is 12.6. The quantitative estimate of drug-likeness (QED) is 0.646. The van der Waals surface area contributed by atoms with Crippen molar-refractivity contribution >= 4 is 23.1 Å². The number of amides is 2. The molecule has 7 nitrogen and oxygen atoms in total. The van der Waals surface area contributed by atoms with Crippen molar-refractivity contribution in [2.24, 2.45) is 0 Å². The van der Waals surface area contributed by atoms with Crippen LogP contribution in [0.4, 0.5) is 21.9 Å². The molecule has 0 aliphatic carbocycles. The Bertz CT molecular complexity index is 922. The Labute approximate surface area is 157 Å². The van der Waals surface area contributed by atoms with Crippen molar-refractivity contribution in [1.29, 1.82) is 0 Å². The first-order valence-corrected chi connectivity index (χ1v) is 8.79. The van der Waals surface area contributed by atoms with E-state index in [1.165, 1.54) is 5.56 Å². The van der Waals surface area contributed by atoms with Gasteiger partial charge >= 0.3 is 6.03 Å². The molecule has 0 spiro atoms. The van der Waals surface area contributed by atoms with Gasteiger partial charge in [-0.1, -0.05) is 6.07 Å². The van der Waals surface area contributed by atoms with E-state index < -0.39 is 0 Å². The molecule has 4 rings (SSSR count). The second-order valence-electron chi connectivity index (χ2n) is 6.38. The van der Waals surface area contributed by atoms with Gasteiger partial charge < -0.3 is 25.3 Å². The maximum Gasteiger partial charge on any atom is 0.323 e. The second-order valence-corrected chi connectivity index (χ2v) is 6.38. The number of rotatable bonds is 5. The van der Waals surface area contributed by atoms with E-state index >= 15 is 0 Å². The molecule has 1 aliphatic rings. The molecule has 3 aromatic rings. The Balaban J connectivity index is 1.42. The van der Waals surface area contributed by atoms with E-state index in [1.54, 1.807) is 37.7 Å². The van der Waals surface area contributed by atoms with Crippen molar-refractivity contribution in [3.8, 4) is 5.75 Å². The summed E-state index contributed by atoms with van der Waals surface area (Å²) in [5.74, 6) is 0.747. The topological polar surface area (TPSA) is 82.3 Å². The largest absolute Gasteiger partial charge is 0.497 e. The van der Waals surface area contributed by atoms with Crippen molar-refractivity contribution in [2.45, 2.75) is 13.0 Å². The average Bonchev–Trinajstić information content (AvgIpc) is 3.33. The number of nitrogens with zero attached hydrogens (tertiary/aromatic N) is 2. The summed E-state index contributed by atoms with van der Waals surface area (Å²) in [6, 6.07) is 12.9. The van der Waals surface area contributed by atoms with Gasteiger partial charge in [0.1, 0.15) is 5.75 Å². The van der Waals surface area contributed by atoms with E-state index in [-0.39, 0.29) is 6.03 Å². The summed E-state index contributed by atoms with van der Waals surface area (Å²) in [6.07, 6.45) is 4.59. The summed E-state index contributed by atoms with van der Waals surface area (Å²) < 4.78 is 5.12. The van der Waals surface area contributed by atoms with Crippen LogP contribution in [0.15, 0.2) is 55.0 Å². The molecule has 0 bridgehead atoms. The lowest BCUT2D eigenvalue weighted by atomic mass is 10.1. The number of benzene rings is 2. The molecule has 1 aliphatic heterocycles. The van der Waals surface area contributed by atoms with Crippen molar-refractivity contribution in [1.82, 2.24) is 9.97 Å². The third-order valence-electron chi connectivity index (χ3n) is 4.59. The highest BCUT2D eigenvalue weighted by Crippen LogP contribution is 2.31. The van der Waals surface area contributed by atoms with Crippen molar-refractivity contribution in [3.05, 3.63) is 66.2 Å². The van der Waals surface area contributed by atoms with Crippen molar-refractivity contribution in [2.75, 3.05) is 29.2 Å². The fraction of sp³-hybridized carbons (Fsp3) is 0.200. The van der Waals surface area contributed by atoms with Crippen LogP contribution in [0.3, 0.4) is 0 Å². The third-order valence-corrected chi connectivity index (χ3v) is 4.59. The van der Waals surface area contributed by atoms with Gasteiger partial charge in [0, 0.05) is 29.8 Å². The SMILES string of the molecule is COc1ccc(NC(=O)Nc2ccc3c(c2)N(Cc2c[nH]cn2)CC3)cc1. The van der Waals surface area contributed by atoms with Crippen LogP contribution in [0, 0.1) is 0 Å². The minimum atomic E-state index is -0.281. The Morgan fingerprint density at radius 2 is 1.96 bits per heavy atom. The first-order chi connectivity index (χ1) is 13.2. The number of nitrogens with one attached hydrogen (secondary N) is 3. The summed E-state index contributed by atoms with van der Waals surface area (Å²) in [5, 5.41) is 5.72. The van der Waals surface area contributed by atoms with Crippen molar-refractivity contribution < 1.29 is 9.53 Å². The maximum absolute atomic E-state index is 12.3. The highest BCUT2D eigenvalue weighted by Gasteiger charge is 2.20. The first-order valence-electron chi connectivity index (χ1n) is 8.79. The highest BCUT2D eigenvalue weighted by molar-refractivity contribution is 6.00. The van der Waals surface area contributed by atoms with E-state index in [4.69, 9.17) is 4.74 Å². The number of carbonyl (C=O) groups excluding carboxylic acids is 1. The number of H-pyrrole nitrogens is 1. The number of fused-ring (bicyclic) bond motifs is 1. The predicted octanol–water partition coefficient (Wildman–Crippen LogP) is 3.63. The fourth-order valence-electron chi connectivity index (χ4n) is 3.23. The van der Waals surface area contributed by atoms with E-state index in [1.807, 2.05) is 18.3 Å². The molecular weight excluding hydrogens is 342 g/mol. The molecule has 0 atom stereocenters. The van der Waals surface area contributed by atoms with Crippen LogP contribution in [0.1, 0.15) is 11.3 Å². The van der Waals surface area contributed by atoms with Gasteiger partial charge in [0.15, 0.2) is 0 Å². The number of urea groups is 1. The number of aromatic amines is 1. The smallest absolute Gasteiger partial charge is 0.323 e. The van der Waals surface area contributed by atoms with Gasteiger partial charge in [-0.15, -0.1) is 0 Å².